The van der Waals surface area contributed by atoms with Gasteiger partial charge in [-0.1, -0.05) is 31.5 Å². The number of nitrogens with zero attached hydrogens (tertiary/aromatic N) is 1. The third kappa shape index (κ3) is 5.21. The van der Waals surface area contributed by atoms with Gasteiger partial charge >= 0.3 is 0 Å². The Bertz CT molecular complexity index is 359. The summed E-state index contributed by atoms with van der Waals surface area (Å²) in [6.45, 7) is 7.20. The molecule has 0 atom stereocenters. The Balaban J connectivity index is 2.42. The van der Waals surface area contributed by atoms with Gasteiger partial charge in [-0.05, 0) is 25.0 Å². The zero-order valence-electron chi connectivity index (χ0n) is 10.2. The first kappa shape index (κ1) is 13.1. The van der Waals surface area contributed by atoms with Crippen LogP contribution in [0.5, 0.6) is 0 Å². The highest BCUT2D eigenvalue weighted by Gasteiger charge is 1.98. The van der Waals surface area contributed by atoms with Gasteiger partial charge in [0.2, 0.25) is 0 Å². The van der Waals surface area contributed by atoms with Gasteiger partial charge in [0.1, 0.15) is 5.84 Å². The third-order valence-corrected chi connectivity index (χ3v) is 3.06. The highest BCUT2D eigenvalue weighted by Crippen LogP contribution is 2.18. The molecule has 0 aromatic heterocycles. The molecule has 1 rings (SSSR count). The van der Waals surface area contributed by atoms with Gasteiger partial charge in [0.15, 0.2) is 0 Å². The van der Waals surface area contributed by atoms with E-state index in [-0.39, 0.29) is 0 Å². The Morgan fingerprint density at radius 2 is 2.19 bits per heavy atom. The second-order valence-corrected chi connectivity index (χ2v) is 5.38. The van der Waals surface area contributed by atoms with E-state index in [9.17, 15) is 0 Å². The predicted octanol–water partition coefficient (Wildman–Crippen LogP) is 3.10. The van der Waals surface area contributed by atoms with Gasteiger partial charge in [0, 0.05) is 11.4 Å². The first-order chi connectivity index (χ1) is 7.58. The van der Waals surface area contributed by atoms with Gasteiger partial charge in [0.05, 0.1) is 5.75 Å². The maximum Gasteiger partial charge on any atom is 0.104 e. The van der Waals surface area contributed by atoms with Gasteiger partial charge in [-0.3, -0.25) is 4.99 Å². The summed E-state index contributed by atoms with van der Waals surface area (Å²) in [5.41, 5.74) is 7.12. The molecule has 2 nitrogen and oxygen atoms in total. The molecule has 0 amide bonds. The van der Waals surface area contributed by atoms with Crippen LogP contribution in [0.15, 0.2) is 34.2 Å². The third-order valence-electron chi connectivity index (χ3n) is 2.04. The van der Waals surface area contributed by atoms with Crippen molar-refractivity contribution in [2.75, 3.05) is 12.3 Å². The number of amidine groups is 1. The summed E-state index contributed by atoms with van der Waals surface area (Å²) in [5, 5.41) is 0. The molecule has 0 saturated carbocycles. The van der Waals surface area contributed by atoms with Crippen LogP contribution < -0.4 is 5.73 Å². The molecule has 0 fully saturated rings. The molecule has 16 heavy (non-hydrogen) atoms. The predicted molar refractivity (Wildman–Crippen MR) is 73.2 cm³/mol. The van der Waals surface area contributed by atoms with Crippen LogP contribution in [-0.4, -0.2) is 18.1 Å². The van der Waals surface area contributed by atoms with Crippen LogP contribution in [0, 0.1) is 12.8 Å². The number of benzene rings is 1. The van der Waals surface area contributed by atoms with Gasteiger partial charge < -0.3 is 5.73 Å². The molecule has 0 aliphatic rings. The molecule has 1 aromatic rings. The van der Waals surface area contributed by atoms with Gasteiger partial charge in [-0.25, -0.2) is 0 Å². The normalized spacial score (nSPS) is 12.1. The molecule has 0 saturated heterocycles. The first-order valence-corrected chi connectivity index (χ1v) is 6.54. The maximum atomic E-state index is 5.84. The zero-order chi connectivity index (χ0) is 12.0. The van der Waals surface area contributed by atoms with Crippen molar-refractivity contribution >= 4 is 17.6 Å². The summed E-state index contributed by atoms with van der Waals surface area (Å²) < 4.78 is 0. The Kier molecular flexibility index (Phi) is 5.39. The highest BCUT2D eigenvalue weighted by molar-refractivity contribution is 8.00. The summed E-state index contributed by atoms with van der Waals surface area (Å²) in [6.07, 6.45) is 0. The van der Waals surface area contributed by atoms with Crippen molar-refractivity contribution in [1.82, 2.24) is 0 Å². The molecule has 0 radical (unpaired) electrons. The van der Waals surface area contributed by atoms with Crippen LogP contribution >= 0.6 is 11.8 Å². The molecule has 3 heteroatoms. The van der Waals surface area contributed by atoms with Gasteiger partial charge in [-0.2, -0.15) is 0 Å². The van der Waals surface area contributed by atoms with E-state index in [1.165, 1.54) is 10.5 Å². The molecule has 1 aromatic carbocycles. The Morgan fingerprint density at radius 3 is 2.81 bits per heavy atom. The largest absolute Gasteiger partial charge is 0.387 e. The summed E-state index contributed by atoms with van der Waals surface area (Å²) in [6, 6.07) is 8.44. The lowest BCUT2D eigenvalue weighted by Gasteiger charge is -2.04. The fraction of sp³-hybridized carbons (Fsp3) is 0.462. The number of hydrogen-bond donors (Lipinski definition) is 1. The second-order valence-electron chi connectivity index (χ2n) is 4.33. The van der Waals surface area contributed by atoms with Crippen LogP contribution in [0.3, 0.4) is 0 Å². The molecule has 0 bridgehead atoms. The van der Waals surface area contributed by atoms with E-state index in [1.807, 2.05) is 0 Å². The Labute approximate surface area is 102 Å². The molecule has 0 aliphatic heterocycles. The maximum absolute atomic E-state index is 5.84. The van der Waals surface area contributed by atoms with Crippen molar-refractivity contribution in [2.24, 2.45) is 16.6 Å². The number of thioether (sulfide) groups is 1. The van der Waals surface area contributed by atoms with E-state index in [0.717, 1.165) is 18.1 Å². The number of aryl methyl sites for hydroxylation is 1. The van der Waals surface area contributed by atoms with Crippen molar-refractivity contribution < 1.29 is 0 Å². The summed E-state index contributed by atoms with van der Waals surface area (Å²) in [5.74, 6) is 2.08. The van der Waals surface area contributed by atoms with Crippen LogP contribution in [0.2, 0.25) is 0 Å². The van der Waals surface area contributed by atoms with Crippen LogP contribution in [0.4, 0.5) is 0 Å². The molecule has 0 heterocycles. The fourth-order valence-corrected chi connectivity index (χ4v) is 2.06. The SMILES string of the molecule is Cc1cccc(SCC(N)=NCC(C)C)c1. The van der Waals surface area contributed by atoms with Crippen LogP contribution in [0.1, 0.15) is 19.4 Å². The molecular weight excluding hydrogens is 216 g/mol. The monoisotopic (exact) mass is 236 g/mol. The van der Waals surface area contributed by atoms with E-state index in [4.69, 9.17) is 5.73 Å². The number of rotatable bonds is 5. The smallest absolute Gasteiger partial charge is 0.104 e. The number of hydrogen-bond acceptors (Lipinski definition) is 2. The zero-order valence-corrected chi connectivity index (χ0v) is 11.1. The van der Waals surface area contributed by atoms with Gasteiger partial charge in [0.25, 0.3) is 0 Å². The lowest BCUT2D eigenvalue weighted by molar-refractivity contribution is 0.665. The minimum atomic E-state index is 0.572. The van der Waals surface area contributed by atoms with Crippen molar-refractivity contribution in [3.05, 3.63) is 29.8 Å². The highest BCUT2D eigenvalue weighted by atomic mass is 32.2. The Morgan fingerprint density at radius 1 is 1.44 bits per heavy atom. The Hall–Kier alpha value is -0.960. The number of aliphatic imine (C=N–C) groups is 1. The lowest BCUT2D eigenvalue weighted by atomic mass is 10.2. The molecule has 0 unspecified atom stereocenters. The van der Waals surface area contributed by atoms with Crippen molar-refractivity contribution in [1.29, 1.82) is 0 Å². The van der Waals surface area contributed by atoms with Crippen molar-refractivity contribution in [3.63, 3.8) is 0 Å². The van der Waals surface area contributed by atoms with E-state index in [1.54, 1.807) is 11.8 Å². The average molecular weight is 236 g/mol. The summed E-state index contributed by atoms with van der Waals surface area (Å²) in [7, 11) is 0. The summed E-state index contributed by atoms with van der Waals surface area (Å²) in [4.78, 5) is 5.59. The molecular formula is C13H20N2S. The molecule has 0 aliphatic carbocycles. The standard InChI is InChI=1S/C13H20N2S/c1-10(2)8-15-13(14)9-16-12-6-4-5-11(3)7-12/h4-7,10H,8-9H2,1-3H3,(H2,14,15). The lowest BCUT2D eigenvalue weighted by Crippen LogP contribution is -2.16. The van der Waals surface area contributed by atoms with Crippen molar-refractivity contribution in [3.8, 4) is 0 Å². The second kappa shape index (κ2) is 6.59. The summed E-state index contributed by atoms with van der Waals surface area (Å²) >= 11 is 1.74. The minimum Gasteiger partial charge on any atom is -0.387 e. The number of nitrogens with two attached hydrogens (primary N) is 1. The van der Waals surface area contributed by atoms with E-state index < -0.39 is 0 Å². The average Bonchev–Trinajstić information content (AvgIpc) is 2.23. The fourth-order valence-electron chi connectivity index (χ4n) is 1.21. The van der Waals surface area contributed by atoms with Crippen LogP contribution in [-0.2, 0) is 0 Å². The molecule has 2 N–H and O–H groups in total. The van der Waals surface area contributed by atoms with Crippen LogP contribution in [0.25, 0.3) is 0 Å². The van der Waals surface area contributed by atoms with E-state index in [0.29, 0.717) is 5.92 Å². The first-order valence-electron chi connectivity index (χ1n) is 5.56. The quantitative estimate of drug-likeness (QED) is 0.484. The van der Waals surface area contributed by atoms with Gasteiger partial charge in [-0.15, -0.1) is 11.8 Å². The van der Waals surface area contributed by atoms with E-state index in [2.05, 4.69) is 50.0 Å². The minimum absolute atomic E-state index is 0.572. The topological polar surface area (TPSA) is 38.4 Å². The van der Waals surface area contributed by atoms with E-state index >= 15 is 0 Å². The van der Waals surface area contributed by atoms with Crippen molar-refractivity contribution in [2.45, 2.75) is 25.7 Å². The molecule has 0 spiro atoms. The molecule has 88 valence electrons.